The number of amides is 1. The van der Waals surface area contributed by atoms with E-state index < -0.39 is 0 Å². The van der Waals surface area contributed by atoms with Crippen LogP contribution in [0.5, 0.6) is 5.75 Å². The zero-order valence-corrected chi connectivity index (χ0v) is 9.31. The highest BCUT2D eigenvalue weighted by Crippen LogP contribution is 2.21. The molecule has 1 fully saturated rings. The Bertz CT molecular complexity index is 392. The predicted octanol–water partition coefficient (Wildman–Crippen LogP) is 1.11. The van der Waals surface area contributed by atoms with Crippen LogP contribution in [0.15, 0.2) is 24.3 Å². The first-order valence-electron chi connectivity index (χ1n) is 5.52. The summed E-state index contributed by atoms with van der Waals surface area (Å²) < 4.78 is 0. The Morgan fingerprint density at radius 1 is 1.50 bits per heavy atom. The summed E-state index contributed by atoms with van der Waals surface area (Å²) in [6.45, 7) is 3.41. The maximum Gasteiger partial charge on any atom is 0.243 e. The second-order valence-corrected chi connectivity index (χ2v) is 4.04. The van der Waals surface area contributed by atoms with E-state index in [9.17, 15) is 9.90 Å². The van der Waals surface area contributed by atoms with Gasteiger partial charge in [-0.3, -0.25) is 4.79 Å². The Hall–Kier alpha value is -1.55. The molecule has 2 N–H and O–H groups in total. The molecule has 1 amide bonds. The van der Waals surface area contributed by atoms with Crippen molar-refractivity contribution in [2.45, 2.75) is 19.4 Å². The number of anilines is 1. The van der Waals surface area contributed by atoms with Crippen molar-refractivity contribution in [2.24, 2.45) is 0 Å². The Balaban J connectivity index is 2.27. The molecule has 0 bridgehead atoms. The molecule has 86 valence electrons. The molecule has 16 heavy (non-hydrogen) atoms. The van der Waals surface area contributed by atoms with E-state index in [2.05, 4.69) is 5.32 Å². The molecule has 1 heterocycles. The molecule has 0 aromatic heterocycles. The molecule has 0 aliphatic carbocycles. The van der Waals surface area contributed by atoms with E-state index >= 15 is 0 Å². The molecule has 1 aliphatic heterocycles. The van der Waals surface area contributed by atoms with Crippen molar-refractivity contribution in [3.05, 3.63) is 24.3 Å². The van der Waals surface area contributed by atoms with Crippen LogP contribution in [0.1, 0.15) is 13.3 Å². The van der Waals surface area contributed by atoms with Crippen LogP contribution in [0.3, 0.4) is 0 Å². The van der Waals surface area contributed by atoms with Gasteiger partial charge in [0.1, 0.15) is 5.75 Å². The molecule has 1 aliphatic rings. The van der Waals surface area contributed by atoms with Gasteiger partial charge >= 0.3 is 0 Å². The van der Waals surface area contributed by atoms with Crippen molar-refractivity contribution in [3.63, 3.8) is 0 Å². The number of rotatable bonds is 1. The number of hydrogen-bond donors (Lipinski definition) is 2. The van der Waals surface area contributed by atoms with Crippen LogP contribution in [0.4, 0.5) is 5.69 Å². The number of nitrogens with one attached hydrogen (secondary N) is 1. The number of carbonyl (C=O) groups is 1. The van der Waals surface area contributed by atoms with Gasteiger partial charge < -0.3 is 15.3 Å². The van der Waals surface area contributed by atoms with E-state index in [1.165, 1.54) is 0 Å². The monoisotopic (exact) mass is 220 g/mol. The summed E-state index contributed by atoms with van der Waals surface area (Å²) in [5.74, 6) is 0.248. The fraction of sp³-hybridized carbons (Fsp3) is 0.417. The molecule has 4 nitrogen and oxygen atoms in total. The second kappa shape index (κ2) is 4.53. The van der Waals surface area contributed by atoms with Gasteiger partial charge in [-0.1, -0.05) is 6.07 Å². The van der Waals surface area contributed by atoms with E-state index in [0.717, 1.165) is 18.7 Å². The number of aromatic hydroxyl groups is 1. The fourth-order valence-corrected chi connectivity index (χ4v) is 1.90. The highest BCUT2D eigenvalue weighted by molar-refractivity contribution is 5.97. The Morgan fingerprint density at radius 2 is 2.31 bits per heavy atom. The van der Waals surface area contributed by atoms with Gasteiger partial charge in [0.05, 0.1) is 6.04 Å². The lowest BCUT2D eigenvalue weighted by Gasteiger charge is -2.22. The third-order valence-corrected chi connectivity index (χ3v) is 2.79. The summed E-state index contributed by atoms with van der Waals surface area (Å²) in [4.78, 5) is 13.8. The summed E-state index contributed by atoms with van der Waals surface area (Å²) in [5.41, 5.74) is 0.764. The van der Waals surface area contributed by atoms with E-state index in [0.29, 0.717) is 6.54 Å². The van der Waals surface area contributed by atoms with E-state index in [1.807, 2.05) is 13.0 Å². The lowest BCUT2D eigenvalue weighted by Crippen LogP contribution is -2.41. The third kappa shape index (κ3) is 2.17. The third-order valence-electron chi connectivity index (χ3n) is 2.79. The van der Waals surface area contributed by atoms with Gasteiger partial charge in [-0.2, -0.15) is 0 Å². The van der Waals surface area contributed by atoms with Gasteiger partial charge in [-0.15, -0.1) is 0 Å². The first-order valence-corrected chi connectivity index (χ1v) is 5.52. The molecule has 1 unspecified atom stereocenters. The lowest BCUT2D eigenvalue weighted by atomic mass is 10.2. The first-order chi connectivity index (χ1) is 7.68. The van der Waals surface area contributed by atoms with E-state index in [-0.39, 0.29) is 17.7 Å². The highest BCUT2D eigenvalue weighted by Gasteiger charge is 2.24. The molecule has 0 saturated carbocycles. The molecule has 4 heteroatoms. The number of phenols is 1. The van der Waals surface area contributed by atoms with Crippen LogP contribution >= 0.6 is 0 Å². The highest BCUT2D eigenvalue weighted by atomic mass is 16.3. The van der Waals surface area contributed by atoms with Crippen molar-refractivity contribution in [1.82, 2.24) is 5.32 Å². The Morgan fingerprint density at radius 3 is 3.06 bits per heavy atom. The number of nitrogens with zero attached hydrogens (tertiary/aromatic N) is 1. The van der Waals surface area contributed by atoms with E-state index in [1.54, 1.807) is 23.1 Å². The zero-order valence-electron chi connectivity index (χ0n) is 9.31. The summed E-state index contributed by atoms with van der Waals surface area (Å²) in [6.07, 6.45) is 0.922. The van der Waals surface area contributed by atoms with Gasteiger partial charge in [0, 0.05) is 18.3 Å². The van der Waals surface area contributed by atoms with E-state index in [4.69, 9.17) is 0 Å². The Labute approximate surface area is 94.9 Å². The number of carbonyl (C=O) groups excluding carboxylic acids is 1. The summed E-state index contributed by atoms with van der Waals surface area (Å²) in [6, 6.07) is 6.66. The molecule has 0 spiro atoms. The van der Waals surface area contributed by atoms with Crippen molar-refractivity contribution < 1.29 is 9.90 Å². The van der Waals surface area contributed by atoms with Crippen LogP contribution in [0, 0.1) is 0 Å². The lowest BCUT2D eigenvalue weighted by molar-refractivity contribution is -0.119. The molecular weight excluding hydrogens is 204 g/mol. The minimum atomic E-state index is -0.162. The molecule has 1 aromatic rings. The number of hydrogen-bond acceptors (Lipinski definition) is 3. The Kier molecular flexibility index (Phi) is 3.10. The molecule has 1 aromatic carbocycles. The maximum absolute atomic E-state index is 12.0. The van der Waals surface area contributed by atoms with Gasteiger partial charge in [-0.05, 0) is 32.0 Å². The summed E-state index contributed by atoms with van der Waals surface area (Å²) in [5, 5.41) is 12.6. The average Bonchev–Trinajstić information content (AvgIpc) is 2.42. The normalized spacial score (nSPS) is 21.9. The minimum absolute atomic E-state index is 0.0584. The molecule has 1 saturated heterocycles. The summed E-state index contributed by atoms with van der Waals surface area (Å²) in [7, 11) is 0. The van der Waals surface area contributed by atoms with Crippen molar-refractivity contribution in [2.75, 3.05) is 18.0 Å². The maximum atomic E-state index is 12.0. The van der Waals surface area contributed by atoms with Crippen molar-refractivity contribution in [3.8, 4) is 5.75 Å². The van der Waals surface area contributed by atoms with Crippen LogP contribution in [-0.2, 0) is 4.79 Å². The van der Waals surface area contributed by atoms with Gasteiger partial charge in [-0.25, -0.2) is 0 Å². The number of phenolic OH excluding ortho intramolecular Hbond substituents is 1. The molecule has 0 radical (unpaired) electrons. The molecule has 2 rings (SSSR count). The largest absolute Gasteiger partial charge is 0.508 e. The summed E-state index contributed by atoms with van der Waals surface area (Å²) >= 11 is 0. The minimum Gasteiger partial charge on any atom is -0.508 e. The molecule has 1 atom stereocenters. The standard InChI is InChI=1S/C12H16N2O2/c1-9-12(16)14(7-3-6-13-9)10-4-2-5-11(15)8-10/h2,4-5,8-9,13,15H,3,6-7H2,1H3. The van der Waals surface area contributed by atoms with Crippen LogP contribution in [-0.4, -0.2) is 30.1 Å². The van der Waals surface area contributed by atoms with Crippen LogP contribution in [0.2, 0.25) is 0 Å². The predicted molar refractivity (Wildman–Crippen MR) is 62.5 cm³/mol. The van der Waals surface area contributed by atoms with Gasteiger partial charge in [0.2, 0.25) is 5.91 Å². The van der Waals surface area contributed by atoms with Crippen molar-refractivity contribution >= 4 is 11.6 Å². The van der Waals surface area contributed by atoms with Gasteiger partial charge in [0.15, 0.2) is 0 Å². The topological polar surface area (TPSA) is 52.6 Å². The number of benzene rings is 1. The quantitative estimate of drug-likeness (QED) is 0.745. The smallest absolute Gasteiger partial charge is 0.243 e. The average molecular weight is 220 g/mol. The zero-order chi connectivity index (χ0) is 11.5. The van der Waals surface area contributed by atoms with Gasteiger partial charge in [0.25, 0.3) is 0 Å². The first kappa shape index (κ1) is 11.0. The second-order valence-electron chi connectivity index (χ2n) is 4.04. The van der Waals surface area contributed by atoms with Crippen LogP contribution < -0.4 is 10.2 Å². The fourth-order valence-electron chi connectivity index (χ4n) is 1.90. The molecular formula is C12H16N2O2. The van der Waals surface area contributed by atoms with Crippen molar-refractivity contribution in [1.29, 1.82) is 0 Å². The van der Waals surface area contributed by atoms with Crippen LogP contribution in [0.25, 0.3) is 0 Å². The SMILES string of the molecule is CC1NCCCN(c2cccc(O)c2)C1=O.